The summed E-state index contributed by atoms with van der Waals surface area (Å²) in [5, 5.41) is 0.822. The number of esters is 1. The number of halogens is 2. The van der Waals surface area contributed by atoms with Gasteiger partial charge in [-0.3, -0.25) is 15.0 Å². The van der Waals surface area contributed by atoms with Crippen molar-refractivity contribution in [2.24, 2.45) is 0 Å². The van der Waals surface area contributed by atoms with Crippen LogP contribution < -0.4 is 10.4 Å². The van der Waals surface area contributed by atoms with Crippen LogP contribution in [0.4, 0.5) is 10.1 Å². The highest BCUT2D eigenvalue weighted by Gasteiger charge is 2.34. The molecule has 1 saturated heterocycles. The maximum absolute atomic E-state index is 13.3. The van der Waals surface area contributed by atoms with Crippen LogP contribution in [0.2, 0.25) is 5.02 Å². The smallest absolute Gasteiger partial charge is 0.337 e. The molecule has 0 unspecified atom stereocenters. The van der Waals surface area contributed by atoms with Gasteiger partial charge in [0.25, 0.3) is 11.8 Å². The molecule has 1 fully saturated rings. The second kappa shape index (κ2) is 6.97. The van der Waals surface area contributed by atoms with Crippen molar-refractivity contribution in [1.82, 2.24) is 5.43 Å². The summed E-state index contributed by atoms with van der Waals surface area (Å²) in [4.78, 5) is 36.0. The summed E-state index contributed by atoms with van der Waals surface area (Å²) in [6.45, 7) is 0. The molecule has 1 aliphatic rings. The summed E-state index contributed by atoms with van der Waals surface area (Å²) in [7, 11) is 1.27. The van der Waals surface area contributed by atoms with Crippen LogP contribution in [0.1, 0.15) is 15.9 Å². The van der Waals surface area contributed by atoms with Crippen LogP contribution >= 0.6 is 11.6 Å². The normalized spacial score (nSPS) is 15.3. The zero-order valence-electron chi connectivity index (χ0n) is 13.5. The number of carbonyl (C=O) groups excluding carboxylic acids is 3. The lowest BCUT2D eigenvalue weighted by Gasteiger charge is -2.14. The summed E-state index contributed by atoms with van der Waals surface area (Å²) in [5.74, 6) is -2.32. The number of hydrazine groups is 1. The molecule has 0 aliphatic carbocycles. The van der Waals surface area contributed by atoms with Crippen molar-refractivity contribution in [1.29, 1.82) is 0 Å². The third-order valence-corrected chi connectivity index (χ3v) is 3.99. The number of rotatable bonds is 3. The number of nitrogens with zero attached hydrogens (tertiary/aromatic N) is 1. The van der Waals surface area contributed by atoms with Gasteiger partial charge in [0.2, 0.25) is 0 Å². The van der Waals surface area contributed by atoms with Crippen molar-refractivity contribution in [2.75, 3.05) is 12.1 Å². The zero-order valence-corrected chi connectivity index (χ0v) is 14.2. The third-order valence-electron chi connectivity index (χ3n) is 3.70. The molecule has 2 amide bonds. The summed E-state index contributed by atoms with van der Waals surface area (Å²) in [6, 6.07) is 9.87. The second-order valence-corrected chi connectivity index (χ2v) is 5.76. The molecule has 8 heteroatoms. The lowest BCUT2D eigenvalue weighted by Crippen LogP contribution is -2.35. The van der Waals surface area contributed by atoms with Gasteiger partial charge in [-0.1, -0.05) is 23.7 Å². The Hall–Kier alpha value is -3.19. The average molecular weight is 375 g/mol. The number of carbonyl (C=O) groups is 3. The number of methoxy groups -OCH3 is 1. The van der Waals surface area contributed by atoms with E-state index in [1.807, 2.05) is 0 Å². The minimum Gasteiger partial charge on any atom is -0.465 e. The van der Waals surface area contributed by atoms with E-state index in [4.69, 9.17) is 11.6 Å². The Morgan fingerprint density at radius 1 is 1.19 bits per heavy atom. The fraction of sp³-hybridized carbons (Fsp3) is 0.0556. The monoisotopic (exact) mass is 374 g/mol. The maximum atomic E-state index is 13.3. The van der Waals surface area contributed by atoms with Crippen LogP contribution in [-0.2, 0) is 14.3 Å². The first-order chi connectivity index (χ1) is 12.4. The van der Waals surface area contributed by atoms with Gasteiger partial charge in [-0.15, -0.1) is 0 Å². The largest absolute Gasteiger partial charge is 0.465 e. The Labute approximate surface area is 152 Å². The summed E-state index contributed by atoms with van der Waals surface area (Å²) < 4.78 is 17.9. The molecule has 0 spiro atoms. The number of benzene rings is 2. The van der Waals surface area contributed by atoms with Crippen LogP contribution in [0.3, 0.4) is 0 Å². The standard InChI is InChI=1S/C18H12ClFN2O4/c1-26-18(25)11-4-2-10(3-5-11)8-13-16(23)21-22(17(13)24)12-6-7-15(20)14(19)9-12/h2-9H,1H3,(H,21,23). The van der Waals surface area contributed by atoms with Crippen LogP contribution in [0.15, 0.2) is 48.0 Å². The molecule has 1 aliphatic heterocycles. The van der Waals surface area contributed by atoms with Gasteiger partial charge in [-0.2, -0.15) is 0 Å². The highest BCUT2D eigenvalue weighted by atomic mass is 35.5. The van der Waals surface area contributed by atoms with Crippen LogP contribution in [0.5, 0.6) is 0 Å². The molecule has 0 bridgehead atoms. The van der Waals surface area contributed by atoms with Crippen LogP contribution in [0, 0.1) is 5.82 Å². The van der Waals surface area contributed by atoms with Crippen molar-refractivity contribution in [3.05, 3.63) is 70.0 Å². The molecule has 0 radical (unpaired) electrons. The van der Waals surface area contributed by atoms with Gasteiger partial charge in [0.15, 0.2) is 0 Å². The molecule has 0 saturated carbocycles. The van der Waals surface area contributed by atoms with Crippen LogP contribution in [0.25, 0.3) is 6.08 Å². The molecule has 6 nitrogen and oxygen atoms in total. The van der Waals surface area contributed by atoms with Gasteiger partial charge >= 0.3 is 5.97 Å². The topological polar surface area (TPSA) is 75.7 Å². The molecule has 0 aromatic heterocycles. The maximum Gasteiger partial charge on any atom is 0.337 e. The van der Waals surface area contributed by atoms with E-state index in [9.17, 15) is 18.8 Å². The van der Waals surface area contributed by atoms with Crippen LogP contribution in [-0.4, -0.2) is 24.9 Å². The van der Waals surface area contributed by atoms with E-state index in [-0.39, 0.29) is 16.3 Å². The summed E-state index contributed by atoms with van der Waals surface area (Å²) >= 11 is 5.72. The van der Waals surface area contributed by atoms with Gasteiger partial charge in [0.05, 0.1) is 23.4 Å². The third kappa shape index (κ3) is 3.29. The number of nitrogens with one attached hydrogen (secondary N) is 1. The lowest BCUT2D eigenvalue weighted by molar-refractivity contribution is -0.117. The van der Waals surface area contributed by atoms with Gasteiger partial charge in [0, 0.05) is 0 Å². The summed E-state index contributed by atoms with van der Waals surface area (Å²) in [5.41, 5.74) is 3.43. The van der Waals surface area contributed by atoms with Gasteiger partial charge in [-0.05, 0) is 42.0 Å². The number of ether oxygens (including phenoxy) is 1. The van der Waals surface area contributed by atoms with Crippen molar-refractivity contribution in [3.63, 3.8) is 0 Å². The molecule has 132 valence electrons. The molecule has 0 atom stereocenters. The van der Waals surface area contributed by atoms with Gasteiger partial charge in [-0.25, -0.2) is 14.2 Å². The number of hydrogen-bond acceptors (Lipinski definition) is 4. The Morgan fingerprint density at radius 2 is 1.88 bits per heavy atom. The van der Waals surface area contributed by atoms with E-state index >= 15 is 0 Å². The quantitative estimate of drug-likeness (QED) is 0.509. The van der Waals surface area contributed by atoms with Gasteiger partial charge < -0.3 is 4.74 Å². The number of amides is 2. The van der Waals surface area contributed by atoms with E-state index in [0.29, 0.717) is 11.1 Å². The SMILES string of the molecule is COC(=O)c1ccc(C=C2C(=O)NN(c3ccc(F)c(Cl)c3)C2=O)cc1. The van der Waals surface area contributed by atoms with Gasteiger partial charge in [0.1, 0.15) is 11.4 Å². The van der Waals surface area contributed by atoms with Crippen molar-refractivity contribution >= 4 is 41.1 Å². The Balaban J connectivity index is 1.87. The van der Waals surface area contributed by atoms with E-state index in [1.54, 1.807) is 12.1 Å². The molecule has 1 heterocycles. The average Bonchev–Trinajstić information content (AvgIpc) is 2.92. The fourth-order valence-electron chi connectivity index (χ4n) is 2.36. The lowest BCUT2D eigenvalue weighted by atomic mass is 10.1. The first kappa shape index (κ1) is 17.6. The highest BCUT2D eigenvalue weighted by molar-refractivity contribution is 6.33. The molecule has 2 aromatic rings. The van der Waals surface area contributed by atoms with E-state index in [1.165, 1.54) is 37.5 Å². The van der Waals surface area contributed by atoms with Crippen molar-refractivity contribution in [2.45, 2.75) is 0 Å². The molecule has 2 aromatic carbocycles. The molecule has 26 heavy (non-hydrogen) atoms. The van der Waals surface area contributed by atoms with Crippen molar-refractivity contribution in [3.8, 4) is 0 Å². The molecular formula is C18H12ClFN2O4. The molecular weight excluding hydrogens is 363 g/mol. The number of hydrogen-bond donors (Lipinski definition) is 1. The minimum atomic E-state index is -0.630. The highest BCUT2D eigenvalue weighted by Crippen LogP contribution is 2.26. The minimum absolute atomic E-state index is 0.101. The first-order valence-corrected chi connectivity index (χ1v) is 7.79. The van der Waals surface area contributed by atoms with E-state index in [0.717, 1.165) is 11.1 Å². The zero-order chi connectivity index (χ0) is 18.8. The molecule has 3 rings (SSSR count). The fourth-order valence-corrected chi connectivity index (χ4v) is 2.54. The Kier molecular flexibility index (Phi) is 4.73. The first-order valence-electron chi connectivity index (χ1n) is 7.41. The Bertz CT molecular complexity index is 941. The van der Waals surface area contributed by atoms with E-state index in [2.05, 4.69) is 10.2 Å². The predicted molar refractivity (Wildman–Crippen MR) is 92.8 cm³/mol. The molecule has 1 N–H and O–H groups in total. The predicted octanol–water partition coefficient (Wildman–Crippen LogP) is 2.73. The Morgan fingerprint density at radius 3 is 2.50 bits per heavy atom. The second-order valence-electron chi connectivity index (χ2n) is 5.35. The summed E-state index contributed by atoms with van der Waals surface area (Å²) in [6.07, 6.45) is 1.39. The number of anilines is 1. The van der Waals surface area contributed by atoms with Crippen molar-refractivity contribution < 1.29 is 23.5 Å². The van der Waals surface area contributed by atoms with E-state index < -0.39 is 23.6 Å².